The van der Waals surface area contributed by atoms with Crippen molar-refractivity contribution in [3.05, 3.63) is 54.1 Å². The summed E-state index contributed by atoms with van der Waals surface area (Å²) in [7, 11) is 0. The molecule has 25 heavy (non-hydrogen) atoms. The number of benzene rings is 2. The van der Waals surface area contributed by atoms with Gasteiger partial charge in [0.15, 0.2) is 0 Å². The van der Waals surface area contributed by atoms with E-state index in [9.17, 15) is 13.6 Å². The molecule has 0 fully saturated rings. The van der Waals surface area contributed by atoms with E-state index in [1.165, 1.54) is 36.0 Å². The molecular formula is C18H19F2NO3S. The number of hydrogen-bond acceptors (Lipinski definition) is 4. The highest BCUT2D eigenvalue weighted by Gasteiger charge is 2.07. The van der Waals surface area contributed by atoms with E-state index in [4.69, 9.17) is 4.74 Å². The monoisotopic (exact) mass is 367 g/mol. The van der Waals surface area contributed by atoms with Crippen molar-refractivity contribution in [2.45, 2.75) is 19.3 Å². The van der Waals surface area contributed by atoms with Gasteiger partial charge in [0.1, 0.15) is 11.5 Å². The number of anilines is 1. The second-order valence-corrected chi connectivity index (χ2v) is 5.97. The van der Waals surface area contributed by atoms with Crippen LogP contribution in [-0.2, 0) is 10.5 Å². The molecule has 0 aromatic heterocycles. The fraction of sp³-hybridized carbons (Fsp3) is 0.278. The zero-order chi connectivity index (χ0) is 18.1. The van der Waals surface area contributed by atoms with Crippen LogP contribution in [0.4, 0.5) is 14.5 Å². The highest BCUT2D eigenvalue weighted by Crippen LogP contribution is 2.23. The van der Waals surface area contributed by atoms with E-state index >= 15 is 0 Å². The van der Waals surface area contributed by atoms with Crippen LogP contribution in [0.2, 0.25) is 0 Å². The van der Waals surface area contributed by atoms with Gasteiger partial charge in [0, 0.05) is 17.0 Å². The lowest BCUT2D eigenvalue weighted by Gasteiger charge is -2.10. The van der Waals surface area contributed by atoms with Crippen molar-refractivity contribution in [1.82, 2.24) is 0 Å². The number of rotatable bonds is 9. The van der Waals surface area contributed by atoms with Gasteiger partial charge in [0.2, 0.25) is 5.91 Å². The largest absolute Gasteiger partial charge is 0.494 e. The number of hydrogen-bond donors (Lipinski definition) is 1. The van der Waals surface area contributed by atoms with E-state index in [-0.39, 0.29) is 17.4 Å². The zero-order valence-electron chi connectivity index (χ0n) is 13.7. The second kappa shape index (κ2) is 9.88. The van der Waals surface area contributed by atoms with Crippen LogP contribution in [0.15, 0.2) is 48.5 Å². The number of alkyl halides is 2. The summed E-state index contributed by atoms with van der Waals surface area (Å²) in [6.07, 6.45) is 0. The van der Waals surface area contributed by atoms with Gasteiger partial charge >= 0.3 is 6.61 Å². The normalized spacial score (nSPS) is 10.6. The van der Waals surface area contributed by atoms with Gasteiger partial charge in [-0.3, -0.25) is 4.79 Å². The highest BCUT2D eigenvalue weighted by molar-refractivity contribution is 7.99. The standard InChI is InChI=1S/C18H19F2NO3S/c1-2-23-16-6-4-3-5-13(16)11-25-12-17(22)21-14-7-9-15(10-8-14)24-18(19)20/h3-10,18H,2,11-12H2,1H3,(H,21,22). The van der Waals surface area contributed by atoms with Crippen LogP contribution in [0.1, 0.15) is 12.5 Å². The minimum atomic E-state index is -2.86. The smallest absolute Gasteiger partial charge is 0.387 e. The molecule has 0 aliphatic rings. The van der Waals surface area contributed by atoms with E-state index in [2.05, 4.69) is 10.1 Å². The summed E-state index contributed by atoms with van der Waals surface area (Å²) in [6, 6.07) is 13.5. The van der Waals surface area contributed by atoms with Gasteiger partial charge in [0.25, 0.3) is 0 Å². The minimum Gasteiger partial charge on any atom is -0.494 e. The summed E-state index contributed by atoms with van der Waals surface area (Å²) in [4.78, 5) is 12.0. The molecule has 2 aromatic carbocycles. The summed E-state index contributed by atoms with van der Waals surface area (Å²) in [5.74, 6) is 1.64. The Morgan fingerprint density at radius 1 is 1.16 bits per heavy atom. The third-order valence-electron chi connectivity index (χ3n) is 3.13. The summed E-state index contributed by atoms with van der Waals surface area (Å²) >= 11 is 1.47. The summed E-state index contributed by atoms with van der Waals surface area (Å²) in [6.45, 7) is -0.348. The molecule has 1 amide bonds. The van der Waals surface area contributed by atoms with Crippen LogP contribution < -0.4 is 14.8 Å². The first-order valence-electron chi connectivity index (χ1n) is 7.71. The van der Waals surface area contributed by atoms with Gasteiger partial charge in [-0.1, -0.05) is 18.2 Å². The first kappa shape index (κ1) is 19.1. The predicted octanol–water partition coefficient (Wildman–Crippen LogP) is 4.56. The van der Waals surface area contributed by atoms with Crippen LogP contribution in [-0.4, -0.2) is 24.9 Å². The van der Waals surface area contributed by atoms with E-state index in [0.29, 0.717) is 18.0 Å². The lowest BCUT2D eigenvalue weighted by atomic mass is 10.2. The Bertz CT molecular complexity index is 680. The van der Waals surface area contributed by atoms with Gasteiger partial charge in [-0.15, -0.1) is 11.8 Å². The molecule has 0 saturated heterocycles. The van der Waals surface area contributed by atoms with Crippen LogP contribution in [0, 0.1) is 0 Å². The van der Waals surface area contributed by atoms with Gasteiger partial charge in [-0.05, 0) is 37.3 Å². The SMILES string of the molecule is CCOc1ccccc1CSCC(=O)Nc1ccc(OC(F)F)cc1. The molecule has 0 spiro atoms. The molecule has 0 saturated carbocycles. The minimum absolute atomic E-state index is 0.0508. The van der Waals surface area contributed by atoms with Crippen LogP contribution in [0.25, 0.3) is 0 Å². The number of carbonyl (C=O) groups excluding carboxylic acids is 1. The number of thioether (sulfide) groups is 1. The molecule has 2 rings (SSSR count). The zero-order valence-corrected chi connectivity index (χ0v) is 14.5. The molecule has 0 unspecified atom stereocenters. The third kappa shape index (κ3) is 6.62. The number of amides is 1. The van der Waals surface area contributed by atoms with Crippen molar-refractivity contribution < 1.29 is 23.0 Å². The Hall–Kier alpha value is -2.28. The molecule has 7 heteroatoms. The molecule has 0 heterocycles. The van der Waals surface area contributed by atoms with Crippen molar-refractivity contribution in [2.75, 3.05) is 17.7 Å². The van der Waals surface area contributed by atoms with Gasteiger partial charge < -0.3 is 14.8 Å². The van der Waals surface area contributed by atoms with Gasteiger partial charge in [-0.2, -0.15) is 8.78 Å². The maximum Gasteiger partial charge on any atom is 0.387 e. The number of carbonyl (C=O) groups is 1. The number of para-hydroxylation sites is 1. The van der Waals surface area contributed by atoms with Crippen molar-refractivity contribution in [2.24, 2.45) is 0 Å². The Balaban J connectivity index is 1.79. The highest BCUT2D eigenvalue weighted by atomic mass is 32.2. The molecule has 4 nitrogen and oxygen atoms in total. The maximum absolute atomic E-state index is 12.1. The average Bonchev–Trinajstić information content (AvgIpc) is 2.58. The topological polar surface area (TPSA) is 47.6 Å². The van der Waals surface area contributed by atoms with Crippen molar-refractivity contribution in [1.29, 1.82) is 0 Å². The summed E-state index contributed by atoms with van der Waals surface area (Å²) < 4.78 is 34.0. The Morgan fingerprint density at radius 2 is 1.88 bits per heavy atom. The van der Waals surface area contributed by atoms with E-state index in [1.54, 1.807) is 0 Å². The first-order chi connectivity index (χ1) is 12.1. The van der Waals surface area contributed by atoms with E-state index in [0.717, 1.165) is 11.3 Å². The molecule has 0 atom stereocenters. The molecule has 0 radical (unpaired) electrons. The number of ether oxygens (including phenoxy) is 2. The lowest BCUT2D eigenvalue weighted by Crippen LogP contribution is -2.14. The third-order valence-corrected chi connectivity index (χ3v) is 4.11. The van der Waals surface area contributed by atoms with E-state index in [1.807, 2.05) is 31.2 Å². The van der Waals surface area contributed by atoms with Gasteiger partial charge in [0.05, 0.1) is 12.4 Å². The van der Waals surface area contributed by atoms with Crippen molar-refractivity contribution in [3.63, 3.8) is 0 Å². The second-order valence-electron chi connectivity index (χ2n) is 4.98. The van der Waals surface area contributed by atoms with Crippen LogP contribution >= 0.6 is 11.8 Å². The molecule has 1 N–H and O–H groups in total. The Morgan fingerprint density at radius 3 is 2.56 bits per heavy atom. The van der Waals surface area contributed by atoms with Crippen molar-refractivity contribution >= 4 is 23.4 Å². The fourth-order valence-electron chi connectivity index (χ4n) is 2.09. The van der Waals surface area contributed by atoms with Gasteiger partial charge in [-0.25, -0.2) is 0 Å². The number of halogens is 2. The van der Waals surface area contributed by atoms with Crippen LogP contribution in [0.5, 0.6) is 11.5 Å². The Kier molecular flexibility index (Phi) is 7.53. The molecule has 0 aliphatic carbocycles. The fourth-order valence-corrected chi connectivity index (χ4v) is 2.91. The Labute approximate surface area is 149 Å². The first-order valence-corrected chi connectivity index (χ1v) is 8.87. The predicted molar refractivity (Wildman–Crippen MR) is 95.5 cm³/mol. The van der Waals surface area contributed by atoms with Crippen molar-refractivity contribution in [3.8, 4) is 11.5 Å². The number of nitrogens with one attached hydrogen (secondary N) is 1. The lowest BCUT2D eigenvalue weighted by molar-refractivity contribution is -0.113. The maximum atomic E-state index is 12.1. The van der Waals surface area contributed by atoms with Crippen LogP contribution in [0.3, 0.4) is 0 Å². The molecule has 0 bridgehead atoms. The summed E-state index contributed by atoms with van der Waals surface area (Å²) in [5, 5.41) is 2.71. The quantitative estimate of drug-likeness (QED) is 0.706. The molecule has 134 valence electrons. The average molecular weight is 367 g/mol. The molecular weight excluding hydrogens is 348 g/mol. The van der Waals surface area contributed by atoms with E-state index < -0.39 is 6.61 Å². The summed E-state index contributed by atoms with van der Waals surface area (Å²) in [5.41, 5.74) is 1.57. The molecule has 2 aromatic rings. The molecule has 0 aliphatic heterocycles.